The summed E-state index contributed by atoms with van der Waals surface area (Å²) in [5, 5.41) is 8.43. The maximum atomic E-state index is 5.93. The zero-order valence-corrected chi connectivity index (χ0v) is 11.1. The van der Waals surface area contributed by atoms with Gasteiger partial charge in [0.05, 0.1) is 5.69 Å². The van der Waals surface area contributed by atoms with Crippen LogP contribution in [0.25, 0.3) is 0 Å². The van der Waals surface area contributed by atoms with Gasteiger partial charge in [0.1, 0.15) is 18.2 Å². The third-order valence-electron chi connectivity index (χ3n) is 3.52. The Morgan fingerprint density at radius 1 is 1.32 bits per heavy atom. The molecule has 2 aromatic rings. The fourth-order valence-corrected chi connectivity index (χ4v) is 2.48. The van der Waals surface area contributed by atoms with E-state index in [2.05, 4.69) is 14.8 Å². The predicted octanol–water partition coefficient (Wildman–Crippen LogP) is 2.08. The molecule has 1 aliphatic rings. The van der Waals surface area contributed by atoms with Gasteiger partial charge in [-0.05, 0) is 31.4 Å². The second-order valence-electron chi connectivity index (χ2n) is 4.92. The van der Waals surface area contributed by atoms with Gasteiger partial charge in [-0.2, -0.15) is 0 Å². The van der Waals surface area contributed by atoms with Gasteiger partial charge in [-0.1, -0.05) is 12.1 Å². The van der Waals surface area contributed by atoms with Crippen molar-refractivity contribution in [2.24, 2.45) is 0 Å². The second kappa shape index (κ2) is 4.91. The Hall–Kier alpha value is -2.04. The van der Waals surface area contributed by atoms with E-state index in [0.29, 0.717) is 12.3 Å². The minimum absolute atomic E-state index is 0.419. The first-order chi connectivity index (χ1) is 9.25. The lowest BCUT2D eigenvalue weighted by Gasteiger charge is -2.16. The number of ether oxygens (including phenoxy) is 1. The molecule has 0 fully saturated rings. The Labute approximate surface area is 112 Å². The number of anilines is 1. The quantitative estimate of drug-likeness (QED) is 0.856. The van der Waals surface area contributed by atoms with E-state index in [4.69, 9.17) is 10.5 Å². The number of rotatable bonds is 3. The normalized spacial score (nSPS) is 14.2. The molecule has 0 amide bonds. The van der Waals surface area contributed by atoms with E-state index < -0.39 is 0 Å². The van der Waals surface area contributed by atoms with Crippen LogP contribution in [0.3, 0.4) is 0 Å². The van der Waals surface area contributed by atoms with Crippen molar-refractivity contribution in [3.63, 3.8) is 0 Å². The lowest BCUT2D eigenvalue weighted by Crippen LogP contribution is -2.14. The number of aromatic nitrogens is 3. The molecule has 0 atom stereocenters. The van der Waals surface area contributed by atoms with Crippen molar-refractivity contribution in [2.75, 3.05) is 5.73 Å². The maximum Gasteiger partial charge on any atom is 0.171 e. The van der Waals surface area contributed by atoms with E-state index in [1.54, 1.807) is 0 Å². The molecule has 1 aromatic carbocycles. The molecular weight excluding hydrogens is 240 g/mol. The average Bonchev–Trinajstić information content (AvgIpc) is 2.82. The zero-order chi connectivity index (χ0) is 13.2. The minimum Gasteiger partial charge on any atom is -0.483 e. The van der Waals surface area contributed by atoms with E-state index >= 15 is 0 Å². The third-order valence-corrected chi connectivity index (χ3v) is 3.52. The van der Waals surface area contributed by atoms with Crippen LogP contribution in [-0.4, -0.2) is 14.8 Å². The molecule has 1 aliphatic heterocycles. The molecule has 19 heavy (non-hydrogen) atoms. The molecule has 5 nitrogen and oxygen atoms in total. The molecule has 0 aliphatic carbocycles. The van der Waals surface area contributed by atoms with Gasteiger partial charge in [0.25, 0.3) is 0 Å². The highest BCUT2D eigenvalue weighted by atomic mass is 16.5. The zero-order valence-electron chi connectivity index (χ0n) is 11.1. The molecular formula is C14H18N4O. The highest BCUT2D eigenvalue weighted by Gasteiger charge is 2.16. The maximum absolute atomic E-state index is 5.93. The molecule has 0 bridgehead atoms. The molecule has 0 saturated carbocycles. The third kappa shape index (κ3) is 2.28. The number of benzene rings is 1. The molecule has 0 unspecified atom stereocenters. The van der Waals surface area contributed by atoms with Gasteiger partial charge in [0, 0.05) is 13.0 Å². The Kier molecular flexibility index (Phi) is 3.11. The summed E-state index contributed by atoms with van der Waals surface area (Å²) in [7, 11) is 0. The first-order valence-electron chi connectivity index (χ1n) is 6.64. The molecule has 2 N–H and O–H groups in total. The van der Waals surface area contributed by atoms with Crippen LogP contribution in [0, 0.1) is 6.92 Å². The summed E-state index contributed by atoms with van der Waals surface area (Å²) in [6.45, 7) is 3.40. The fourth-order valence-electron chi connectivity index (χ4n) is 2.48. The standard InChI is InChI=1S/C14H18N4O/c1-10-5-4-6-11(15)14(10)19-9-13-17-16-12-7-2-3-8-18(12)13/h4-6H,2-3,7-9,15H2,1H3. The average molecular weight is 258 g/mol. The van der Waals surface area contributed by atoms with Crippen LogP contribution in [0.15, 0.2) is 18.2 Å². The summed E-state index contributed by atoms with van der Waals surface area (Å²) in [5.74, 6) is 2.70. The Balaban J connectivity index is 1.78. The number of nitrogen functional groups attached to an aromatic ring is 1. The van der Waals surface area contributed by atoms with Crippen LogP contribution >= 0.6 is 0 Å². The monoisotopic (exact) mass is 258 g/mol. The number of nitrogens with two attached hydrogens (primary N) is 1. The summed E-state index contributed by atoms with van der Waals surface area (Å²) in [4.78, 5) is 0. The highest BCUT2D eigenvalue weighted by molar-refractivity contribution is 5.56. The summed E-state index contributed by atoms with van der Waals surface area (Å²) in [6.07, 6.45) is 3.40. The molecule has 1 aromatic heterocycles. The smallest absolute Gasteiger partial charge is 0.171 e. The van der Waals surface area contributed by atoms with Crippen LogP contribution in [0.2, 0.25) is 0 Å². The van der Waals surface area contributed by atoms with Crippen molar-refractivity contribution < 1.29 is 4.74 Å². The molecule has 5 heteroatoms. The van der Waals surface area contributed by atoms with Crippen LogP contribution in [0.1, 0.15) is 30.1 Å². The number of hydrogen-bond donors (Lipinski definition) is 1. The lowest BCUT2D eigenvalue weighted by molar-refractivity contribution is 0.286. The molecule has 100 valence electrons. The first kappa shape index (κ1) is 12.0. The Morgan fingerprint density at radius 2 is 2.21 bits per heavy atom. The van der Waals surface area contributed by atoms with Gasteiger partial charge in [-0.15, -0.1) is 10.2 Å². The van der Waals surface area contributed by atoms with Gasteiger partial charge in [-0.3, -0.25) is 0 Å². The number of hydrogen-bond acceptors (Lipinski definition) is 4. The minimum atomic E-state index is 0.419. The number of fused-ring (bicyclic) bond motifs is 1. The number of para-hydroxylation sites is 1. The van der Waals surface area contributed by atoms with Crippen molar-refractivity contribution in [1.29, 1.82) is 0 Å². The molecule has 0 saturated heterocycles. The van der Waals surface area contributed by atoms with Gasteiger partial charge in [0.2, 0.25) is 0 Å². The van der Waals surface area contributed by atoms with Gasteiger partial charge in [0.15, 0.2) is 5.82 Å². The Bertz CT molecular complexity index is 571. The van der Waals surface area contributed by atoms with Crippen LogP contribution in [0.4, 0.5) is 5.69 Å². The van der Waals surface area contributed by atoms with E-state index in [-0.39, 0.29) is 0 Å². The predicted molar refractivity (Wildman–Crippen MR) is 72.9 cm³/mol. The number of nitrogens with zero attached hydrogens (tertiary/aromatic N) is 3. The summed E-state index contributed by atoms with van der Waals surface area (Å²) >= 11 is 0. The topological polar surface area (TPSA) is 66.0 Å². The van der Waals surface area contributed by atoms with Crippen molar-refractivity contribution in [3.8, 4) is 5.75 Å². The summed E-state index contributed by atoms with van der Waals surface area (Å²) in [6, 6.07) is 5.77. The highest BCUT2D eigenvalue weighted by Crippen LogP contribution is 2.26. The van der Waals surface area contributed by atoms with Gasteiger partial charge >= 0.3 is 0 Å². The molecule has 2 heterocycles. The number of aryl methyl sites for hydroxylation is 2. The van der Waals surface area contributed by atoms with Crippen LogP contribution < -0.4 is 10.5 Å². The van der Waals surface area contributed by atoms with E-state index in [1.807, 2.05) is 25.1 Å². The van der Waals surface area contributed by atoms with E-state index in [0.717, 1.165) is 35.9 Å². The van der Waals surface area contributed by atoms with Gasteiger partial charge in [-0.25, -0.2) is 0 Å². The van der Waals surface area contributed by atoms with Crippen LogP contribution in [-0.2, 0) is 19.6 Å². The largest absolute Gasteiger partial charge is 0.483 e. The lowest BCUT2D eigenvalue weighted by atomic mass is 10.2. The molecule has 3 rings (SSSR count). The molecule has 0 radical (unpaired) electrons. The van der Waals surface area contributed by atoms with Crippen molar-refractivity contribution in [1.82, 2.24) is 14.8 Å². The van der Waals surface area contributed by atoms with Crippen molar-refractivity contribution >= 4 is 5.69 Å². The Morgan fingerprint density at radius 3 is 3.05 bits per heavy atom. The first-order valence-corrected chi connectivity index (χ1v) is 6.64. The van der Waals surface area contributed by atoms with Gasteiger partial charge < -0.3 is 15.0 Å². The summed E-state index contributed by atoms with van der Waals surface area (Å²) < 4.78 is 7.99. The van der Waals surface area contributed by atoms with Crippen molar-refractivity contribution in [3.05, 3.63) is 35.4 Å². The SMILES string of the molecule is Cc1cccc(N)c1OCc1nnc2n1CCCC2. The van der Waals surface area contributed by atoms with E-state index in [1.165, 1.54) is 12.8 Å². The summed E-state index contributed by atoms with van der Waals surface area (Å²) in [5.41, 5.74) is 7.64. The van der Waals surface area contributed by atoms with E-state index in [9.17, 15) is 0 Å². The second-order valence-corrected chi connectivity index (χ2v) is 4.92. The van der Waals surface area contributed by atoms with Crippen molar-refractivity contribution in [2.45, 2.75) is 39.3 Å². The van der Waals surface area contributed by atoms with Crippen LogP contribution in [0.5, 0.6) is 5.75 Å². The molecule has 0 spiro atoms. The fraction of sp³-hybridized carbons (Fsp3) is 0.429.